The van der Waals surface area contributed by atoms with E-state index in [4.69, 9.17) is 14.2 Å². The quantitative estimate of drug-likeness (QED) is 0.238. The van der Waals surface area contributed by atoms with Gasteiger partial charge < -0.3 is 14.2 Å². The lowest BCUT2D eigenvalue weighted by atomic mass is 9.89. The van der Waals surface area contributed by atoms with Gasteiger partial charge in [-0.1, -0.05) is 43.5 Å². The van der Waals surface area contributed by atoms with Crippen LogP contribution in [0.3, 0.4) is 0 Å². The number of benzene rings is 1. The minimum atomic E-state index is -4.65. The molecular formula is C23H26BrF3N2O4. The molecule has 0 radical (unpaired) electrons. The number of hydrogen-bond acceptors (Lipinski definition) is 5. The normalized spacial score (nSPS) is 15.4. The molecule has 180 valence electrons. The molecule has 0 unspecified atom stereocenters. The summed E-state index contributed by atoms with van der Waals surface area (Å²) in [5.74, 6) is -0.860. The number of halogens is 4. The second kappa shape index (κ2) is 11.1. The number of methoxy groups -OCH3 is 2. The molecule has 1 heterocycles. The van der Waals surface area contributed by atoms with Crippen molar-refractivity contribution in [2.75, 3.05) is 14.2 Å². The highest BCUT2D eigenvalue weighted by Crippen LogP contribution is 2.42. The van der Waals surface area contributed by atoms with Crippen LogP contribution in [0.4, 0.5) is 13.2 Å². The summed E-state index contributed by atoms with van der Waals surface area (Å²) in [6, 6.07) is 6.69. The molecule has 10 heteroatoms. The van der Waals surface area contributed by atoms with Crippen LogP contribution in [0.1, 0.15) is 48.8 Å². The summed E-state index contributed by atoms with van der Waals surface area (Å²) in [7, 11) is 2.62. The summed E-state index contributed by atoms with van der Waals surface area (Å²) in [6.45, 7) is 0.164. The van der Waals surface area contributed by atoms with Crippen LogP contribution in [-0.4, -0.2) is 30.0 Å². The molecule has 1 aliphatic carbocycles. The molecular weight excluding hydrogens is 505 g/mol. The van der Waals surface area contributed by atoms with Gasteiger partial charge in [0, 0.05) is 6.54 Å². The molecule has 1 aromatic carbocycles. The third-order valence-corrected chi connectivity index (χ3v) is 6.42. The molecule has 0 aliphatic heterocycles. The first-order chi connectivity index (χ1) is 15.8. The molecule has 1 fully saturated rings. The van der Waals surface area contributed by atoms with E-state index in [1.165, 1.54) is 25.2 Å². The fourth-order valence-electron chi connectivity index (χ4n) is 4.00. The zero-order valence-electron chi connectivity index (χ0n) is 18.5. The van der Waals surface area contributed by atoms with Gasteiger partial charge >= 0.3 is 12.1 Å². The Morgan fingerprint density at radius 1 is 1.21 bits per heavy atom. The fraction of sp³-hybridized carbons (Fsp3) is 0.478. The Morgan fingerprint density at radius 2 is 1.91 bits per heavy atom. The maximum absolute atomic E-state index is 13.8. The SMILES string of the molecule is CO/C=C(/C(=O)OC)c1ccccc1COc1nn(CC2CCCCC2)c(Br)c1C(F)(F)F. The molecule has 0 N–H and O–H groups in total. The van der Waals surface area contributed by atoms with Gasteiger partial charge in [0.05, 0.1) is 20.5 Å². The Bertz CT molecular complexity index is 998. The highest BCUT2D eigenvalue weighted by molar-refractivity contribution is 9.10. The van der Waals surface area contributed by atoms with E-state index >= 15 is 0 Å². The van der Waals surface area contributed by atoms with Crippen LogP contribution in [0.5, 0.6) is 5.88 Å². The third kappa shape index (κ3) is 6.10. The van der Waals surface area contributed by atoms with E-state index in [0.29, 0.717) is 17.7 Å². The minimum Gasteiger partial charge on any atom is -0.503 e. The van der Waals surface area contributed by atoms with Gasteiger partial charge in [0.15, 0.2) is 5.56 Å². The molecule has 2 aromatic rings. The molecule has 33 heavy (non-hydrogen) atoms. The average Bonchev–Trinajstić information content (AvgIpc) is 3.11. The smallest absolute Gasteiger partial charge is 0.424 e. The maximum Gasteiger partial charge on any atom is 0.424 e. The monoisotopic (exact) mass is 530 g/mol. The summed E-state index contributed by atoms with van der Waals surface area (Å²) in [6.07, 6.45) is 1.83. The molecule has 0 saturated heterocycles. The standard InChI is InChI=1S/C23H26BrF3N2O4/c1-31-14-18(22(30)32-2)17-11-7-6-10-16(17)13-33-21-19(23(25,26)27)20(24)29(28-21)12-15-8-4-3-5-9-15/h6-7,10-11,14-15H,3-5,8-9,12-13H2,1-2H3/b18-14+. The molecule has 3 rings (SSSR count). The van der Waals surface area contributed by atoms with Gasteiger partial charge in [0.25, 0.3) is 0 Å². The Hall–Kier alpha value is -2.49. The number of carbonyl (C=O) groups is 1. The highest BCUT2D eigenvalue weighted by atomic mass is 79.9. The first kappa shape index (κ1) is 25.1. The van der Waals surface area contributed by atoms with Crippen LogP contribution in [0.15, 0.2) is 35.1 Å². The molecule has 0 spiro atoms. The number of hydrogen-bond donors (Lipinski definition) is 0. The predicted octanol–water partition coefficient (Wildman–Crippen LogP) is 5.98. The first-order valence-corrected chi connectivity index (χ1v) is 11.4. The van der Waals surface area contributed by atoms with Crippen molar-refractivity contribution in [2.24, 2.45) is 5.92 Å². The largest absolute Gasteiger partial charge is 0.503 e. The van der Waals surface area contributed by atoms with Gasteiger partial charge in [-0.05, 0) is 45.8 Å². The molecule has 0 atom stereocenters. The Balaban J connectivity index is 1.89. The predicted molar refractivity (Wildman–Crippen MR) is 119 cm³/mol. The molecule has 0 amide bonds. The van der Waals surface area contributed by atoms with Gasteiger partial charge in [-0.15, -0.1) is 5.10 Å². The van der Waals surface area contributed by atoms with Gasteiger partial charge in [-0.3, -0.25) is 4.68 Å². The molecule has 6 nitrogen and oxygen atoms in total. The van der Waals surface area contributed by atoms with Crippen LogP contribution in [0.25, 0.3) is 5.57 Å². The second-order valence-electron chi connectivity index (χ2n) is 7.86. The van der Waals surface area contributed by atoms with Crippen LogP contribution in [0.2, 0.25) is 0 Å². The van der Waals surface area contributed by atoms with Crippen molar-refractivity contribution in [1.29, 1.82) is 0 Å². The Labute approximate surface area is 198 Å². The summed E-state index contributed by atoms with van der Waals surface area (Å²) >= 11 is 3.09. The molecule has 1 aromatic heterocycles. The topological polar surface area (TPSA) is 62.6 Å². The van der Waals surface area contributed by atoms with E-state index in [1.807, 2.05) is 0 Å². The lowest BCUT2D eigenvalue weighted by molar-refractivity contribution is -0.139. The van der Waals surface area contributed by atoms with Crippen molar-refractivity contribution < 1.29 is 32.2 Å². The zero-order chi connectivity index (χ0) is 24.0. The van der Waals surface area contributed by atoms with Gasteiger partial charge in [0.1, 0.15) is 16.8 Å². The minimum absolute atomic E-state index is 0.124. The number of esters is 1. The summed E-state index contributed by atoms with van der Waals surface area (Å²) in [5.41, 5.74) is 0.0911. The van der Waals surface area contributed by atoms with Crippen molar-refractivity contribution in [3.63, 3.8) is 0 Å². The Kier molecular flexibility index (Phi) is 8.45. The number of rotatable bonds is 8. The van der Waals surface area contributed by atoms with Gasteiger partial charge in [-0.2, -0.15) is 13.2 Å². The van der Waals surface area contributed by atoms with Crippen LogP contribution in [-0.2, 0) is 33.6 Å². The third-order valence-electron chi connectivity index (χ3n) is 5.61. The summed E-state index contributed by atoms with van der Waals surface area (Å²) < 4.78 is 58.1. The van der Waals surface area contributed by atoms with Crippen LogP contribution >= 0.6 is 15.9 Å². The fourth-order valence-corrected chi connectivity index (χ4v) is 4.62. The van der Waals surface area contributed by atoms with Gasteiger partial charge in [0.2, 0.25) is 5.88 Å². The van der Waals surface area contributed by atoms with Crippen molar-refractivity contribution in [2.45, 2.75) is 51.4 Å². The van der Waals surface area contributed by atoms with Crippen molar-refractivity contribution in [3.05, 3.63) is 51.8 Å². The highest BCUT2D eigenvalue weighted by Gasteiger charge is 2.41. The average molecular weight is 531 g/mol. The van der Waals surface area contributed by atoms with Crippen LogP contribution < -0.4 is 4.74 Å². The summed E-state index contributed by atoms with van der Waals surface area (Å²) in [5, 5.41) is 4.14. The van der Waals surface area contributed by atoms with Crippen molar-refractivity contribution in [1.82, 2.24) is 9.78 Å². The maximum atomic E-state index is 13.8. The lowest BCUT2D eigenvalue weighted by Gasteiger charge is -2.21. The van der Waals surface area contributed by atoms with E-state index in [2.05, 4.69) is 21.0 Å². The molecule has 1 aliphatic rings. The number of alkyl halides is 3. The molecule has 0 bridgehead atoms. The van der Waals surface area contributed by atoms with Crippen molar-refractivity contribution >= 4 is 27.5 Å². The molecule has 1 saturated carbocycles. The number of nitrogens with zero attached hydrogens (tertiary/aromatic N) is 2. The van der Waals surface area contributed by atoms with E-state index in [1.54, 1.807) is 24.3 Å². The van der Waals surface area contributed by atoms with E-state index in [-0.39, 0.29) is 22.7 Å². The number of aromatic nitrogens is 2. The van der Waals surface area contributed by atoms with E-state index < -0.39 is 23.6 Å². The van der Waals surface area contributed by atoms with E-state index in [9.17, 15) is 18.0 Å². The first-order valence-electron chi connectivity index (χ1n) is 10.6. The van der Waals surface area contributed by atoms with Crippen LogP contribution in [0, 0.1) is 5.92 Å². The lowest BCUT2D eigenvalue weighted by Crippen LogP contribution is -2.15. The number of ether oxygens (including phenoxy) is 3. The second-order valence-corrected chi connectivity index (χ2v) is 8.61. The zero-order valence-corrected chi connectivity index (χ0v) is 20.0. The summed E-state index contributed by atoms with van der Waals surface area (Å²) in [4.78, 5) is 12.2. The van der Waals surface area contributed by atoms with Gasteiger partial charge in [-0.25, -0.2) is 4.79 Å². The number of carbonyl (C=O) groups excluding carboxylic acids is 1. The van der Waals surface area contributed by atoms with E-state index in [0.717, 1.165) is 32.1 Å². The van der Waals surface area contributed by atoms with Crippen molar-refractivity contribution in [3.8, 4) is 5.88 Å². The Morgan fingerprint density at radius 3 is 2.55 bits per heavy atom.